The van der Waals surface area contributed by atoms with E-state index in [1.54, 1.807) is 0 Å². The Morgan fingerprint density at radius 2 is 2.28 bits per heavy atom. The second-order valence-electron chi connectivity index (χ2n) is 6.48. The highest BCUT2D eigenvalue weighted by Gasteiger charge is 2.22. The molecule has 7 heteroatoms. The molecule has 0 aliphatic carbocycles. The van der Waals surface area contributed by atoms with Gasteiger partial charge in [-0.3, -0.25) is 10.1 Å². The molecular formula is C18H23N3O3S. The first-order valence-electron chi connectivity index (χ1n) is 8.51. The summed E-state index contributed by atoms with van der Waals surface area (Å²) in [6, 6.07) is 6.06. The number of amides is 1. The van der Waals surface area contributed by atoms with Crippen molar-refractivity contribution in [2.75, 3.05) is 18.5 Å². The Morgan fingerprint density at radius 3 is 3.00 bits per heavy atom. The normalized spacial score (nSPS) is 17.0. The van der Waals surface area contributed by atoms with E-state index in [-0.39, 0.29) is 18.6 Å². The summed E-state index contributed by atoms with van der Waals surface area (Å²) in [5, 5.41) is 12.2. The molecule has 0 bridgehead atoms. The molecular weight excluding hydrogens is 338 g/mol. The van der Waals surface area contributed by atoms with Gasteiger partial charge in [-0.1, -0.05) is 37.3 Å². The SMILES string of the molecule is Cc1ccc(C(C)C)c(OCC(=O)Nc2nnc([C@@H]3CCCO3)s2)c1. The Morgan fingerprint density at radius 1 is 1.44 bits per heavy atom. The number of carbonyl (C=O) groups is 1. The maximum absolute atomic E-state index is 12.2. The maximum atomic E-state index is 12.2. The zero-order valence-electron chi connectivity index (χ0n) is 14.7. The molecule has 1 fully saturated rings. The molecule has 25 heavy (non-hydrogen) atoms. The van der Waals surface area contributed by atoms with Gasteiger partial charge in [-0.2, -0.15) is 0 Å². The zero-order chi connectivity index (χ0) is 17.8. The third-order valence-corrected chi connectivity index (χ3v) is 4.97. The highest BCUT2D eigenvalue weighted by molar-refractivity contribution is 7.15. The first-order valence-corrected chi connectivity index (χ1v) is 9.33. The van der Waals surface area contributed by atoms with Crippen molar-refractivity contribution >= 4 is 22.4 Å². The molecule has 3 rings (SSSR count). The van der Waals surface area contributed by atoms with Crippen molar-refractivity contribution in [3.05, 3.63) is 34.3 Å². The number of rotatable bonds is 6. The Bertz CT molecular complexity index is 739. The van der Waals surface area contributed by atoms with E-state index in [1.165, 1.54) is 11.3 Å². The van der Waals surface area contributed by atoms with Crippen molar-refractivity contribution in [3.63, 3.8) is 0 Å². The molecule has 2 heterocycles. The number of aryl methyl sites for hydroxylation is 1. The number of nitrogens with one attached hydrogen (secondary N) is 1. The van der Waals surface area contributed by atoms with Crippen molar-refractivity contribution in [1.29, 1.82) is 0 Å². The largest absolute Gasteiger partial charge is 0.483 e. The number of anilines is 1. The molecule has 1 saturated heterocycles. The van der Waals surface area contributed by atoms with Crippen molar-refractivity contribution in [3.8, 4) is 5.75 Å². The van der Waals surface area contributed by atoms with Crippen LogP contribution in [0.4, 0.5) is 5.13 Å². The van der Waals surface area contributed by atoms with Gasteiger partial charge in [-0.25, -0.2) is 0 Å². The van der Waals surface area contributed by atoms with Crippen LogP contribution in [0, 0.1) is 6.92 Å². The lowest BCUT2D eigenvalue weighted by atomic mass is 10.0. The molecule has 1 aromatic carbocycles. The molecule has 2 aromatic rings. The molecule has 1 aromatic heterocycles. The molecule has 1 atom stereocenters. The van der Waals surface area contributed by atoms with E-state index in [0.717, 1.165) is 41.3 Å². The smallest absolute Gasteiger partial charge is 0.264 e. The molecule has 0 saturated carbocycles. The minimum atomic E-state index is -0.244. The van der Waals surface area contributed by atoms with Gasteiger partial charge in [0.1, 0.15) is 16.9 Å². The van der Waals surface area contributed by atoms with Gasteiger partial charge in [0.05, 0.1) is 0 Å². The van der Waals surface area contributed by atoms with Gasteiger partial charge in [0, 0.05) is 6.61 Å². The van der Waals surface area contributed by atoms with Crippen molar-refractivity contribution in [1.82, 2.24) is 10.2 Å². The van der Waals surface area contributed by atoms with E-state index in [0.29, 0.717) is 11.0 Å². The van der Waals surface area contributed by atoms with E-state index in [1.807, 2.05) is 19.1 Å². The topological polar surface area (TPSA) is 73.3 Å². The van der Waals surface area contributed by atoms with E-state index >= 15 is 0 Å². The van der Waals surface area contributed by atoms with Gasteiger partial charge >= 0.3 is 0 Å². The Balaban J connectivity index is 1.57. The number of hydrogen-bond acceptors (Lipinski definition) is 6. The lowest BCUT2D eigenvalue weighted by molar-refractivity contribution is -0.118. The Labute approximate surface area is 151 Å². The van der Waals surface area contributed by atoms with Gasteiger partial charge in [0.25, 0.3) is 5.91 Å². The highest BCUT2D eigenvalue weighted by atomic mass is 32.1. The molecule has 0 radical (unpaired) electrons. The fourth-order valence-corrected chi connectivity index (χ4v) is 3.57. The second-order valence-corrected chi connectivity index (χ2v) is 7.49. The van der Waals surface area contributed by atoms with Crippen LogP contribution in [0.5, 0.6) is 5.75 Å². The van der Waals surface area contributed by atoms with Crippen LogP contribution >= 0.6 is 11.3 Å². The third-order valence-electron chi connectivity index (χ3n) is 4.04. The molecule has 6 nitrogen and oxygen atoms in total. The van der Waals surface area contributed by atoms with E-state index < -0.39 is 0 Å². The predicted molar refractivity (Wildman–Crippen MR) is 97.2 cm³/mol. The predicted octanol–water partition coefficient (Wildman–Crippen LogP) is 3.84. The van der Waals surface area contributed by atoms with Crippen LogP contribution in [0.1, 0.15) is 54.8 Å². The van der Waals surface area contributed by atoms with Gasteiger partial charge in [0.15, 0.2) is 6.61 Å². The fourth-order valence-electron chi connectivity index (χ4n) is 2.73. The highest BCUT2D eigenvalue weighted by Crippen LogP contribution is 2.32. The van der Waals surface area contributed by atoms with Crippen LogP contribution in [-0.2, 0) is 9.53 Å². The average molecular weight is 361 g/mol. The summed E-state index contributed by atoms with van der Waals surface area (Å²) in [7, 11) is 0. The molecule has 0 unspecified atom stereocenters. The standard InChI is InChI=1S/C18H23N3O3S/c1-11(2)13-7-6-12(3)9-15(13)24-10-16(22)19-18-21-20-17(25-18)14-5-4-8-23-14/h6-7,9,11,14H,4-5,8,10H2,1-3H3,(H,19,21,22)/t14-/m0/s1. The summed E-state index contributed by atoms with van der Waals surface area (Å²) < 4.78 is 11.3. The fraction of sp³-hybridized carbons (Fsp3) is 0.500. The number of ether oxygens (including phenoxy) is 2. The minimum Gasteiger partial charge on any atom is -0.483 e. The summed E-state index contributed by atoms with van der Waals surface area (Å²) in [5.41, 5.74) is 2.19. The Kier molecular flexibility index (Phi) is 5.65. The molecule has 1 N–H and O–H groups in total. The molecule has 1 aliphatic rings. The van der Waals surface area contributed by atoms with Crippen molar-refractivity contribution < 1.29 is 14.3 Å². The van der Waals surface area contributed by atoms with Gasteiger partial charge < -0.3 is 9.47 Å². The van der Waals surface area contributed by atoms with E-state index in [9.17, 15) is 4.79 Å². The molecule has 134 valence electrons. The maximum Gasteiger partial charge on any atom is 0.264 e. The lowest BCUT2D eigenvalue weighted by Gasteiger charge is -2.14. The first kappa shape index (κ1) is 17.8. The van der Waals surface area contributed by atoms with Crippen molar-refractivity contribution in [2.24, 2.45) is 0 Å². The number of benzene rings is 1. The first-order chi connectivity index (χ1) is 12.0. The van der Waals surface area contributed by atoms with Crippen molar-refractivity contribution in [2.45, 2.75) is 45.6 Å². The van der Waals surface area contributed by atoms with Crippen LogP contribution < -0.4 is 10.1 Å². The van der Waals surface area contributed by atoms with Gasteiger partial charge in [0.2, 0.25) is 5.13 Å². The van der Waals surface area contributed by atoms with Crippen LogP contribution in [0.15, 0.2) is 18.2 Å². The summed E-state index contributed by atoms with van der Waals surface area (Å²) in [6.45, 7) is 6.91. The monoisotopic (exact) mass is 361 g/mol. The third kappa shape index (κ3) is 4.55. The Hall–Kier alpha value is -1.99. The molecule has 0 spiro atoms. The van der Waals surface area contributed by atoms with Gasteiger partial charge in [-0.05, 0) is 42.9 Å². The quantitative estimate of drug-likeness (QED) is 0.846. The number of aromatic nitrogens is 2. The van der Waals surface area contributed by atoms with Gasteiger partial charge in [-0.15, -0.1) is 10.2 Å². The average Bonchev–Trinajstić information content (AvgIpc) is 3.23. The summed E-state index contributed by atoms with van der Waals surface area (Å²) in [6.07, 6.45) is 2.01. The number of carbonyl (C=O) groups excluding carboxylic acids is 1. The summed E-state index contributed by atoms with van der Waals surface area (Å²) in [5.74, 6) is 0.838. The summed E-state index contributed by atoms with van der Waals surface area (Å²) >= 11 is 1.36. The van der Waals surface area contributed by atoms with Crippen LogP contribution in [0.25, 0.3) is 0 Å². The van der Waals surface area contributed by atoms with E-state index in [4.69, 9.17) is 9.47 Å². The molecule has 1 aliphatic heterocycles. The van der Waals surface area contributed by atoms with E-state index in [2.05, 4.69) is 35.4 Å². The number of hydrogen-bond donors (Lipinski definition) is 1. The lowest BCUT2D eigenvalue weighted by Crippen LogP contribution is -2.20. The molecule has 1 amide bonds. The van der Waals surface area contributed by atoms with Crippen LogP contribution in [0.2, 0.25) is 0 Å². The second kappa shape index (κ2) is 7.93. The number of nitrogens with zero attached hydrogens (tertiary/aromatic N) is 2. The van der Waals surface area contributed by atoms with Crippen LogP contribution in [-0.4, -0.2) is 29.3 Å². The van der Waals surface area contributed by atoms with Crippen LogP contribution in [0.3, 0.4) is 0 Å². The minimum absolute atomic E-state index is 0.0142. The summed E-state index contributed by atoms with van der Waals surface area (Å²) in [4.78, 5) is 12.2. The zero-order valence-corrected chi connectivity index (χ0v) is 15.6.